The number of halogens is 3. The van der Waals surface area contributed by atoms with Gasteiger partial charge in [0, 0.05) is 21.6 Å². The van der Waals surface area contributed by atoms with E-state index >= 15 is 0 Å². The largest absolute Gasteiger partial charge is 0.326 e. The first-order chi connectivity index (χ1) is 9.83. The standard InChI is InChI=1S/C13H11BrClFN2O2S/c14-11-3-1-9(15)6-13(11)18-21(19,20)10-2-4-12(16)8(5-10)7-17/h1-6,18H,7,17H2. The fourth-order valence-electron chi connectivity index (χ4n) is 1.65. The van der Waals surface area contributed by atoms with E-state index in [2.05, 4.69) is 20.7 Å². The molecule has 0 unspecified atom stereocenters. The summed E-state index contributed by atoms with van der Waals surface area (Å²) >= 11 is 9.07. The van der Waals surface area contributed by atoms with E-state index in [1.165, 1.54) is 18.2 Å². The zero-order valence-corrected chi connectivity index (χ0v) is 13.8. The average molecular weight is 394 g/mol. The lowest BCUT2D eigenvalue weighted by molar-refractivity contribution is 0.596. The molecule has 2 aromatic rings. The lowest BCUT2D eigenvalue weighted by atomic mass is 10.2. The van der Waals surface area contributed by atoms with Crippen molar-refractivity contribution >= 4 is 43.2 Å². The van der Waals surface area contributed by atoms with Crippen LogP contribution in [0.3, 0.4) is 0 Å². The highest BCUT2D eigenvalue weighted by molar-refractivity contribution is 9.10. The maximum Gasteiger partial charge on any atom is 0.261 e. The van der Waals surface area contributed by atoms with Crippen LogP contribution in [0.5, 0.6) is 0 Å². The van der Waals surface area contributed by atoms with Crippen molar-refractivity contribution in [3.8, 4) is 0 Å². The van der Waals surface area contributed by atoms with Gasteiger partial charge in [0.25, 0.3) is 10.0 Å². The van der Waals surface area contributed by atoms with E-state index < -0.39 is 15.8 Å². The number of hydrogen-bond acceptors (Lipinski definition) is 3. The Balaban J connectivity index is 2.41. The minimum absolute atomic E-state index is 0.0729. The van der Waals surface area contributed by atoms with Gasteiger partial charge in [-0.3, -0.25) is 4.72 Å². The third kappa shape index (κ3) is 3.74. The minimum atomic E-state index is -3.86. The van der Waals surface area contributed by atoms with E-state index in [-0.39, 0.29) is 17.0 Å². The zero-order valence-electron chi connectivity index (χ0n) is 10.6. The molecule has 2 rings (SSSR count). The summed E-state index contributed by atoms with van der Waals surface area (Å²) in [7, 11) is -3.86. The first-order valence-corrected chi connectivity index (χ1v) is 8.45. The first kappa shape index (κ1) is 16.2. The molecule has 0 amide bonds. The molecule has 0 saturated heterocycles. The lowest BCUT2D eigenvalue weighted by Gasteiger charge is -2.11. The minimum Gasteiger partial charge on any atom is -0.326 e. The molecule has 0 spiro atoms. The Bertz CT molecular complexity index is 784. The van der Waals surface area contributed by atoms with E-state index in [0.717, 1.165) is 6.07 Å². The zero-order chi connectivity index (χ0) is 15.6. The van der Waals surface area contributed by atoms with Crippen LogP contribution < -0.4 is 10.5 Å². The molecule has 0 atom stereocenters. The molecule has 0 saturated carbocycles. The van der Waals surface area contributed by atoms with Crippen molar-refractivity contribution in [3.63, 3.8) is 0 Å². The molecule has 0 aliphatic heterocycles. The van der Waals surface area contributed by atoms with Crippen molar-refractivity contribution in [3.05, 3.63) is 57.3 Å². The molecule has 2 aromatic carbocycles. The number of sulfonamides is 1. The van der Waals surface area contributed by atoms with Crippen molar-refractivity contribution in [1.29, 1.82) is 0 Å². The molecular weight excluding hydrogens is 383 g/mol. The summed E-state index contributed by atoms with van der Waals surface area (Å²) in [5.74, 6) is -0.541. The molecular formula is C13H11BrClFN2O2S. The Labute approximate surface area is 135 Å². The fraction of sp³-hybridized carbons (Fsp3) is 0.0769. The van der Waals surface area contributed by atoms with Crippen LogP contribution >= 0.6 is 27.5 Å². The summed E-state index contributed by atoms with van der Waals surface area (Å²) < 4.78 is 40.9. The molecule has 8 heteroatoms. The van der Waals surface area contributed by atoms with Crippen LogP contribution in [-0.2, 0) is 16.6 Å². The van der Waals surface area contributed by atoms with Crippen molar-refractivity contribution in [1.82, 2.24) is 0 Å². The second kappa shape index (κ2) is 6.31. The Morgan fingerprint density at radius 3 is 2.62 bits per heavy atom. The van der Waals surface area contributed by atoms with E-state index in [1.54, 1.807) is 12.1 Å². The Morgan fingerprint density at radius 1 is 1.24 bits per heavy atom. The van der Waals surface area contributed by atoms with Crippen LogP contribution in [0.1, 0.15) is 5.56 Å². The summed E-state index contributed by atoms with van der Waals surface area (Å²) in [4.78, 5) is -0.0729. The Morgan fingerprint density at radius 2 is 1.95 bits per heavy atom. The Kier molecular flexibility index (Phi) is 4.88. The predicted molar refractivity (Wildman–Crippen MR) is 84.3 cm³/mol. The monoisotopic (exact) mass is 392 g/mol. The predicted octanol–water partition coefficient (Wildman–Crippen LogP) is 3.50. The highest BCUT2D eigenvalue weighted by atomic mass is 79.9. The van der Waals surface area contributed by atoms with Crippen molar-refractivity contribution in [2.75, 3.05) is 4.72 Å². The van der Waals surface area contributed by atoms with Crippen LogP contribution in [0.15, 0.2) is 45.8 Å². The van der Waals surface area contributed by atoms with Crippen molar-refractivity contribution in [2.24, 2.45) is 5.73 Å². The van der Waals surface area contributed by atoms with E-state index in [1.807, 2.05) is 0 Å². The molecule has 21 heavy (non-hydrogen) atoms. The number of benzene rings is 2. The molecule has 0 bridgehead atoms. The maximum atomic E-state index is 13.4. The van der Waals surface area contributed by atoms with Gasteiger partial charge in [-0.05, 0) is 52.3 Å². The summed E-state index contributed by atoms with van der Waals surface area (Å²) in [5, 5.41) is 0.387. The van der Waals surface area contributed by atoms with Gasteiger partial charge in [-0.15, -0.1) is 0 Å². The Hall–Kier alpha value is -1.15. The summed E-state index contributed by atoms with van der Waals surface area (Å²) in [5.41, 5.74) is 5.80. The number of nitrogens with one attached hydrogen (secondary N) is 1. The fourth-order valence-corrected chi connectivity index (χ4v) is 3.42. The van der Waals surface area contributed by atoms with Crippen LogP contribution in [0.2, 0.25) is 5.02 Å². The van der Waals surface area contributed by atoms with Crippen LogP contribution in [0, 0.1) is 5.82 Å². The quantitative estimate of drug-likeness (QED) is 0.835. The number of hydrogen-bond donors (Lipinski definition) is 2. The normalized spacial score (nSPS) is 11.4. The van der Waals surface area contributed by atoms with Crippen LogP contribution in [0.4, 0.5) is 10.1 Å². The van der Waals surface area contributed by atoms with Gasteiger partial charge in [0.05, 0.1) is 10.6 Å². The van der Waals surface area contributed by atoms with Gasteiger partial charge in [0.15, 0.2) is 0 Å². The molecule has 4 nitrogen and oxygen atoms in total. The smallest absolute Gasteiger partial charge is 0.261 e. The van der Waals surface area contributed by atoms with Gasteiger partial charge in [-0.1, -0.05) is 11.6 Å². The second-order valence-electron chi connectivity index (χ2n) is 4.19. The second-order valence-corrected chi connectivity index (χ2v) is 7.16. The molecule has 0 aliphatic rings. The summed E-state index contributed by atoms with van der Waals surface area (Å²) in [6.45, 7) is -0.0872. The van der Waals surface area contributed by atoms with Gasteiger partial charge < -0.3 is 5.73 Å². The SMILES string of the molecule is NCc1cc(S(=O)(=O)Nc2cc(Cl)ccc2Br)ccc1F. The van der Waals surface area contributed by atoms with Gasteiger partial charge in [0.2, 0.25) is 0 Å². The van der Waals surface area contributed by atoms with Crippen LogP contribution in [0.25, 0.3) is 0 Å². The third-order valence-corrected chi connectivity index (χ3v) is 5.01. The van der Waals surface area contributed by atoms with Crippen molar-refractivity contribution in [2.45, 2.75) is 11.4 Å². The molecule has 0 aliphatic carbocycles. The van der Waals surface area contributed by atoms with Crippen LogP contribution in [-0.4, -0.2) is 8.42 Å². The molecule has 0 aromatic heterocycles. The average Bonchev–Trinajstić information content (AvgIpc) is 2.43. The van der Waals surface area contributed by atoms with Crippen molar-refractivity contribution < 1.29 is 12.8 Å². The molecule has 3 N–H and O–H groups in total. The topological polar surface area (TPSA) is 72.2 Å². The third-order valence-electron chi connectivity index (χ3n) is 2.72. The van der Waals surface area contributed by atoms with E-state index in [0.29, 0.717) is 15.2 Å². The van der Waals surface area contributed by atoms with Gasteiger partial charge in [-0.25, -0.2) is 12.8 Å². The van der Waals surface area contributed by atoms with Gasteiger partial charge in [-0.2, -0.15) is 0 Å². The molecule has 0 heterocycles. The summed E-state index contributed by atoms with van der Waals surface area (Å²) in [6, 6.07) is 8.16. The van der Waals surface area contributed by atoms with E-state index in [9.17, 15) is 12.8 Å². The highest BCUT2D eigenvalue weighted by Crippen LogP contribution is 2.28. The number of nitrogens with two attached hydrogens (primary N) is 1. The highest BCUT2D eigenvalue weighted by Gasteiger charge is 2.17. The molecule has 0 radical (unpaired) electrons. The van der Waals surface area contributed by atoms with Gasteiger partial charge >= 0.3 is 0 Å². The first-order valence-electron chi connectivity index (χ1n) is 5.80. The number of rotatable bonds is 4. The van der Waals surface area contributed by atoms with E-state index in [4.69, 9.17) is 17.3 Å². The van der Waals surface area contributed by atoms with Gasteiger partial charge in [0.1, 0.15) is 5.82 Å². The lowest BCUT2D eigenvalue weighted by Crippen LogP contribution is -2.14. The molecule has 112 valence electrons. The number of anilines is 1. The maximum absolute atomic E-state index is 13.4. The summed E-state index contributed by atoms with van der Waals surface area (Å²) in [6.07, 6.45) is 0. The molecule has 0 fully saturated rings.